The van der Waals surface area contributed by atoms with Gasteiger partial charge in [-0.2, -0.15) is 0 Å². The van der Waals surface area contributed by atoms with Crippen molar-refractivity contribution in [1.29, 1.82) is 0 Å². The molecule has 3 heteroatoms. The van der Waals surface area contributed by atoms with Gasteiger partial charge in [-0.3, -0.25) is 4.79 Å². The average molecular weight is 332 g/mol. The molecule has 0 fully saturated rings. The van der Waals surface area contributed by atoms with Crippen LogP contribution < -0.4 is 5.73 Å². The Morgan fingerprint density at radius 3 is 2.20 bits per heavy atom. The van der Waals surface area contributed by atoms with Crippen molar-refractivity contribution < 1.29 is 4.79 Å². The normalized spacial score (nSPS) is 10.8. The highest BCUT2D eigenvalue weighted by Crippen LogP contribution is 2.31. The number of hydrogen-bond acceptors (Lipinski definition) is 1. The number of benzene rings is 2. The molecule has 0 aliphatic rings. The van der Waals surface area contributed by atoms with Crippen molar-refractivity contribution in [1.82, 2.24) is 4.57 Å². The minimum Gasteiger partial charge on any atom is -0.366 e. The van der Waals surface area contributed by atoms with Gasteiger partial charge in [-0.15, -0.1) is 0 Å². The van der Waals surface area contributed by atoms with Gasteiger partial charge >= 0.3 is 0 Å². The predicted molar refractivity (Wildman–Crippen MR) is 103 cm³/mol. The average Bonchev–Trinajstić information content (AvgIpc) is 2.85. The number of carbonyl (C=O) groups excluding carboxylic acids is 1. The molecule has 0 aliphatic carbocycles. The van der Waals surface area contributed by atoms with Crippen LogP contribution in [0.2, 0.25) is 0 Å². The van der Waals surface area contributed by atoms with Crippen LogP contribution in [-0.4, -0.2) is 10.5 Å². The highest BCUT2D eigenvalue weighted by atomic mass is 16.1. The van der Waals surface area contributed by atoms with E-state index in [1.54, 1.807) is 0 Å². The van der Waals surface area contributed by atoms with Gasteiger partial charge in [0.05, 0.1) is 11.3 Å². The second-order valence-electron chi connectivity index (χ2n) is 6.55. The van der Waals surface area contributed by atoms with Crippen molar-refractivity contribution in [3.8, 4) is 11.3 Å². The maximum absolute atomic E-state index is 12.0. The summed E-state index contributed by atoms with van der Waals surface area (Å²) in [6.45, 7) is 6.87. The summed E-state index contributed by atoms with van der Waals surface area (Å²) in [4.78, 5) is 12.0. The fourth-order valence-corrected chi connectivity index (χ4v) is 3.50. The molecule has 0 saturated carbocycles. The molecule has 25 heavy (non-hydrogen) atoms. The van der Waals surface area contributed by atoms with E-state index in [1.807, 2.05) is 32.0 Å². The van der Waals surface area contributed by atoms with E-state index < -0.39 is 0 Å². The SMILES string of the molecule is Cc1ccc(CCn2c(C)c(C(N)=O)c(C)c2-c2ccccc2)cc1. The lowest BCUT2D eigenvalue weighted by atomic mass is 10.0. The molecule has 128 valence electrons. The molecule has 0 radical (unpaired) electrons. The second-order valence-corrected chi connectivity index (χ2v) is 6.55. The van der Waals surface area contributed by atoms with Crippen molar-refractivity contribution in [2.75, 3.05) is 0 Å². The number of primary amides is 1. The van der Waals surface area contributed by atoms with E-state index in [4.69, 9.17) is 5.73 Å². The number of amides is 1. The Balaban J connectivity index is 2.03. The molecule has 0 aliphatic heterocycles. The largest absolute Gasteiger partial charge is 0.366 e. The zero-order chi connectivity index (χ0) is 18.0. The second kappa shape index (κ2) is 6.98. The molecule has 0 spiro atoms. The minimum absolute atomic E-state index is 0.360. The highest BCUT2D eigenvalue weighted by Gasteiger charge is 2.21. The Morgan fingerprint density at radius 1 is 0.960 bits per heavy atom. The third-order valence-corrected chi connectivity index (χ3v) is 4.81. The van der Waals surface area contributed by atoms with Crippen molar-refractivity contribution >= 4 is 5.91 Å². The summed E-state index contributed by atoms with van der Waals surface area (Å²) in [5.41, 5.74) is 12.9. The molecular weight excluding hydrogens is 308 g/mol. The molecule has 0 bridgehead atoms. The van der Waals surface area contributed by atoms with Crippen LogP contribution >= 0.6 is 0 Å². The summed E-state index contributed by atoms with van der Waals surface area (Å²) >= 11 is 0. The Bertz CT molecular complexity index is 890. The number of carbonyl (C=O) groups is 1. The standard InChI is InChI=1S/C22H24N2O/c1-15-9-11-18(12-10-15)13-14-24-17(3)20(22(23)25)16(2)21(24)19-7-5-4-6-8-19/h4-12H,13-14H2,1-3H3,(H2,23,25). The molecule has 0 saturated heterocycles. The molecule has 2 aromatic carbocycles. The first kappa shape index (κ1) is 17.0. The Labute approximate surface area is 149 Å². The molecule has 1 aromatic heterocycles. The lowest BCUT2D eigenvalue weighted by Gasteiger charge is -2.13. The smallest absolute Gasteiger partial charge is 0.250 e. The van der Waals surface area contributed by atoms with Crippen LogP contribution in [0.4, 0.5) is 0 Å². The third kappa shape index (κ3) is 3.36. The van der Waals surface area contributed by atoms with Gasteiger partial charge in [-0.1, -0.05) is 60.2 Å². The molecule has 3 aromatic rings. The first-order valence-electron chi connectivity index (χ1n) is 8.59. The monoisotopic (exact) mass is 332 g/mol. The first-order chi connectivity index (χ1) is 12.0. The summed E-state index contributed by atoms with van der Waals surface area (Å²) in [6.07, 6.45) is 0.910. The van der Waals surface area contributed by atoms with Gasteiger partial charge in [0.15, 0.2) is 0 Å². The molecule has 2 N–H and O–H groups in total. The van der Waals surface area contributed by atoms with E-state index in [-0.39, 0.29) is 5.91 Å². The Morgan fingerprint density at radius 2 is 1.60 bits per heavy atom. The van der Waals surface area contributed by atoms with Crippen LogP contribution in [0.3, 0.4) is 0 Å². The van der Waals surface area contributed by atoms with E-state index in [9.17, 15) is 4.79 Å². The predicted octanol–water partition coefficient (Wildman–Crippen LogP) is 4.42. The number of hydrogen-bond donors (Lipinski definition) is 1. The number of nitrogens with two attached hydrogens (primary N) is 1. The zero-order valence-corrected chi connectivity index (χ0v) is 15.0. The fraction of sp³-hybridized carbons (Fsp3) is 0.227. The van der Waals surface area contributed by atoms with Gasteiger partial charge in [0.25, 0.3) is 5.91 Å². The maximum atomic E-state index is 12.0. The molecule has 0 unspecified atom stereocenters. The van der Waals surface area contributed by atoms with Gasteiger partial charge in [0, 0.05) is 12.2 Å². The highest BCUT2D eigenvalue weighted by molar-refractivity contribution is 5.97. The summed E-state index contributed by atoms with van der Waals surface area (Å²) in [7, 11) is 0. The molecule has 1 amide bonds. The molecule has 1 heterocycles. The van der Waals surface area contributed by atoms with E-state index in [2.05, 4.69) is 47.9 Å². The van der Waals surface area contributed by atoms with Gasteiger partial charge in [-0.25, -0.2) is 0 Å². The van der Waals surface area contributed by atoms with Crippen molar-refractivity contribution in [2.45, 2.75) is 33.7 Å². The summed E-state index contributed by atoms with van der Waals surface area (Å²) in [6, 6.07) is 18.8. The van der Waals surface area contributed by atoms with Gasteiger partial charge in [0.1, 0.15) is 0 Å². The zero-order valence-electron chi connectivity index (χ0n) is 15.0. The van der Waals surface area contributed by atoms with Crippen molar-refractivity contribution in [2.24, 2.45) is 5.73 Å². The van der Waals surface area contributed by atoms with Gasteiger partial charge in [-0.05, 0) is 43.9 Å². The number of nitrogens with zero attached hydrogens (tertiary/aromatic N) is 1. The topological polar surface area (TPSA) is 48.0 Å². The number of rotatable bonds is 5. The van der Waals surface area contributed by atoms with Crippen molar-refractivity contribution in [3.63, 3.8) is 0 Å². The minimum atomic E-state index is -0.360. The fourth-order valence-electron chi connectivity index (χ4n) is 3.50. The Kier molecular flexibility index (Phi) is 4.75. The number of aromatic nitrogens is 1. The molecule has 0 atom stereocenters. The molecule has 3 nitrogen and oxygen atoms in total. The summed E-state index contributed by atoms with van der Waals surface area (Å²) < 4.78 is 2.23. The third-order valence-electron chi connectivity index (χ3n) is 4.81. The molecular formula is C22H24N2O. The van der Waals surface area contributed by atoms with Gasteiger partial charge < -0.3 is 10.3 Å². The molecule has 3 rings (SSSR count). The van der Waals surface area contributed by atoms with Crippen LogP contribution in [0.1, 0.15) is 32.7 Å². The first-order valence-corrected chi connectivity index (χ1v) is 8.59. The quantitative estimate of drug-likeness (QED) is 0.738. The van der Waals surface area contributed by atoms with Crippen LogP contribution in [0.25, 0.3) is 11.3 Å². The van der Waals surface area contributed by atoms with Crippen LogP contribution in [-0.2, 0) is 13.0 Å². The van der Waals surface area contributed by atoms with E-state index in [1.165, 1.54) is 11.1 Å². The van der Waals surface area contributed by atoms with E-state index in [0.29, 0.717) is 5.56 Å². The summed E-state index contributed by atoms with van der Waals surface area (Å²) in [5, 5.41) is 0. The van der Waals surface area contributed by atoms with Crippen LogP contribution in [0, 0.1) is 20.8 Å². The number of aryl methyl sites for hydroxylation is 2. The lowest BCUT2D eigenvalue weighted by molar-refractivity contribution is 0.0999. The Hall–Kier alpha value is -2.81. The van der Waals surface area contributed by atoms with E-state index in [0.717, 1.165) is 35.5 Å². The lowest BCUT2D eigenvalue weighted by Crippen LogP contribution is -2.13. The summed E-state index contributed by atoms with van der Waals surface area (Å²) in [5.74, 6) is -0.360. The van der Waals surface area contributed by atoms with E-state index >= 15 is 0 Å². The van der Waals surface area contributed by atoms with Crippen LogP contribution in [0.15, 0.2) is 54.6 Å². The maximum Gasteiger partial charge on any atom is 0.250 e. The van der Waals surface area contributed by atoms with Crippen molar-refractivity contribution in [3.05, 3.63) is 82.5 Å². The van der Waals surface area contributed by atoms with Crippen LogP contribution in [0.5, 0.6) is 0 Å². The van der Waals surface area contributed by atoms with Gasteiger partial charge in [0.2, 0.25) is 0 Å².